The van der Waals surface area contributed by atoms with E-state index in [2.05, 4.69) is 11.1 Å². The Morgan fingerprint density at radius 2 is 1.89 bits per heavy atom. The molecule has 0 radical (unpaired) electrons. The van der Waals surface area contributed by atoms with Crippen molar-refractivity contribution in [2.45, 2.75) is 6.42 Å². The van der Waals surface area contributed by atoms with Crippen molar-refractivity contribution in [1.29, 1.82) is 0 Å². The highest BCUT2D eigenvalue weighted by atomic mass is 19.1. The van der Waals surface area contributed by atoms with Crippen molar-refractivity contribution in [3.8, 4) is 11.1 Å². The lowest BCUT2D eigenvalue weighted by atomic mass is 10.0. The summed E-state index contributed by atoms with van der Waals surface area (Å²) in [5, 5.41) is 1.19. The van der Waals surface area contributed by atoms with E-state index in [0.717, 1.165) is 23.1 Å². The molecule has 0 aliphatic rings. The molecule has 0 bridgehead atoms. The summed E-state index contributed by atoms with van der Waals surface area (Å²) in [6, 6.07) is 12.8. The minimum Gasteiger partial charge on any atom is -0.361 e. The molecular weight excluding hydrogens is 239 g/mol. The van der Waals surface area contributed by atoms with Crippen LogP contribution in [0.3, 0.4) is 0 Å². The van der Waals surface area contributed by atoms with E-state index in [1.165, 1.54) is 17.0 Å². The van der Waals surface area contributed by atoms with Crippen LogP contribution in [-0.4, -0.2) is 11.5 Å². The topological polar surface area (TPSA) is 41.8 Å². The quantitative estimate of drug-likeness (QED) is 0.738. The molecule has 3 rings (SSSR count). The average Bonchev–Trinajstić information content (AvgIpc) is 2.82. The summed E-state index contributed by atoms with van der Waals surface area (Å²) in [5.41, 5.74) is 9.77. The fourth-order valence-corrected chi connectivity index (χ4v) is 2.40. The summed E-state index contributed by atoms with van der Waals surface area (Å²) in [5.74, 6) is -0.215. The fraction of sp³-hybridized carbons (Fsp3) is 0.125. The van der Waals surface area contributed by atoms with Crippen LogP contribution in [-0.2, 0) is 6.42 Å². The van der Waals surface area contributed by atoms with Crippen molar-refractivity contribution in [2.24, 2.45) is 5.73 Å². The van der Waals surface area contributed by atoms with Crippen molar-refractivity contribution in [2.75, 3.05) is 6.54 Å². The van der Waals surface area contributed by atoms with E-state index in [1.54, 1.807) is 12.1 Å². The number of aromatic nitrogens is 1. The van der Waals surface area contributed by atoms with E-state index >= 15 is 0 Å². The van der Waals surface area contributed by atoms with Gasteiger partial charge in [0.1, 0.15) is 5.82 Å². The molecule has 2 aromatic carbocycles. The number of aromatic amines is 1. The SMILES string of the molecule is NCCc1c[nH]c2cc(-c3cccc(F)c3)ccc12. The van der Waals surface area contributed by atoms with E-state index < -0.39 is 0 Å². The molecule has 0 aliphatic carbocycles. The highest BCUT2D eigenvalue weighted by Crippen LogP contribution is 2.26. The molecule has 0 fully saturated rings. The van der Waals surface area contributed by atoms with Crippen LogP contribution < -0.4 is 5.73 Å². The molecule has 2 nitrogen and oxygen atoms in total. The zero-order chi connectivity index (χ0) is 13.2. The van der Waals surface area contributed by atoms with Crippen LogP contribution in [0, 0.1) is 5.82 Å². The third-order valence-electron chi connectivity index (χ3n) is 3.34. The van der Waals surface area contributed by atoms with Gasteiger partial charge in [-0.2, -0.15) is 0 Å². The zero-order valence-electron chi connectivity index (χ0n) is 10.5. The van der Waals surface area contributed by atoms with Crippen molar-refractivity contribution in [3.63, 3.8) is 0 Å². The molecule has 0 atom stereocenters. The first-order valence-electron chi connectivity index (χ1n) is 6.34. The number of rotatable bonds is 3. The minimum atomic E-state index is -0.215. The summed E-state index contributed by atoms with van der Waals surface area (Å²) in [6.45, 7) is 0.638. The monoisotopic (exact) mass is 254 g/mol. The van der Waals surface area contributed by atoms with Crippen LogP contribution in [0.2, 0.25) is 0 Å². The number of hydrogen-bond donors (Lipinski definition) is 2. The van der Waals surface area contributed by atoms with Crippen LogP contribution in [0.15, 0.2) is 48.7 Å². The lowest BCUT2D eigenvalue weighted by Crippen LogP contribution is -2.01. The van der Waals surface area contributed by atoms with E-state index in [4.69, 9.17) is 5.73 Å². The van der Waals surface area contributed by atoms with Gasteiger partial charge >= 0.3 is 0 Å². The molecule has 19 heavy (non-hydrogen) atoms. The summed E-state index contributed by atoms with van der Waals surface area (Å²) >= 11 is 0. The lowest BCUT2D eigenvalue weighted by Gasteiger charge is -2.03. The van der Waals surface area contributed by atoms with Crippen molar-refractivity contribution < 1.29 is 4.39 Å². The third-order valence-corrected chi connectivity index (χ3v) is 3.34. The lowest BCUT2D eigenvalue weighted by molar-refractivity contribution is 0.628. The summed E-state index contributed by atoms with van der Waals surface area (Å²) in [7, 11) is 0. The maximum absolute atomic E-state index is 13.2. The van der Waals surface area contributed by atoms with Gasteiger partial charge in [-0.25, -0.2) is 4.39 Å². The molecule has 3 aromatic rings. The molecule has 0 saturated heterocycles. The van der Waals surface area contributed by atoms with Gasteiger partial charge in [0, 0.05) is 17.1 Å². The summed E-state index contributed by atoms with van der Waals surface area (Å²) in [4.78, 5) is 3.25. The van der Waals surface area contributed by atoms with Crippen molar-refractivity contribution >= 4 is 10.9 Å². The van der Waals surface area contributed by atoms with Gasteiger partial charge in [0.15, 0.2) is 0 Å². The first-order valence-corrected chi connectivity index (χ1v) is 6.34. The second-order valence-electron chi connectivity index (χ2n) is 4.62. The number of nitrogens with two attached hydrogens (primary N) is 1. The molecule has 0 aliphatic heterocycles. The Morgan fingerprint density at radius 3 is 2.68 bits per heavy atom. The smallest absolute Gasteiger partial charge is 0.123 e. The number of fused-ring (bicyclic) bond motifs is 1. The van der Waals surface area contributed by atoms with Crippen molar-refractivity contribution in [1.82, 2.24) is 4.98 Å². The highest BCUT2D eigenvalue weighted by molar-refractivity contribution is 5.87. The Morgan fingerprint density at radius 1 is 1.05 bits per heavy atom. The van der Waals surface area contributed by atoms with Crippen LogP contribution in [0.4, 0.5) is 4.39 Å². The first-order chi connectivity index (χ1) is 9.28. The Balaban J connectivity index is 2.07. The minimum absolute atomic E-state index is 0.215. The Bertz CT molecular complexity index is 716. The van der Waals surface area contributed by atoms with Gasteiger partial charge in [0.25, 0.3) is 0 Å². The van der Waals surface area contributed by atoms with Gasteiger partial charge in [-0.05, 0) is 47.9 Å². The normalized spacial score (nSPS) is 11.1. The van der Waals surface area contributed by atoms with Gasteiger partial charge in [-0.3, -0.25) is 0 Å². The Hall–Kier alpha value is -2.13. The van der Waals surface area contributed by atoms with Gasteiger partial charge in [0.05, 0.1) is 0 Å². The van der Waals surface area contributed by atoms with E-state index in [-0.39, 0.29) is 5.82 Å². The largest absolute Gasteiger partial charge is 0.361 e. The van der Waals surface area contributed by atoms with Gasteiger partial charge in [-0.1, -0.05) is 24.3 Å². The van der Waals surface area contributed by atoms with Gasteiger partial charge in [0.2, 0.25) is 0 Å². The van der Waals surface area contributed by atoms with Crippen molar-refractivity contribution in [3.05, 3.63) is 60.0 Å². The number of halogens is 1. The molecular formula is C16H15FN2. The Kier molecular flexibility index (Phi) is 3.05. The molecule has 3 N–H and O–H groups in total. The number of hydrogen-bond acceptors (Lipinski definition) is 1. The predicted octanol–water partition coefficient (Wildman–Crippen LogP) is 3.48. The number of H-pyrrole nitrogens is 1. The molecule has 3 heteroatoms. The standard InChI is InChI=1S/C16H15FN2/c17-14-3-1-2-11(8-14)12-4-5-15-13(6-7-18)10-19-16(15)9-12/h1-5,8-10,19H,6-7,18H2. The molecule has 0 amide bonds. The second-order valence-corrected chi connectivity index (χ2v) is 4.62. The molecule has 0 saturated carbocycles. The second kappa shape index (κ2) is 4.86. The molecule has 1 heterocycles. The molecule has 96 valence electrons. The predicted molar refractivity (Wildman–Crippen MR) is 76.5 cm³/mol. The van der Waals surface area contributed by atoms with Crippen LogP contribution >= 0.6 is 0 Å². The zero-order valence-corrected chi connectivity index (χ0v) is 10.5. The van der Waals surface area contributed by atoms with Gasteiger partial charge in [-0.15, -0.1) is 0 Å². The highest BCUT2D eigenvalue weighted by Gasteiger charge is 2.05. The van der Waals surface area contributed by atoms with Gasteiger partial charge < -0.3 is 10.7 Å². The maximum Gasteiger partial charge on any atom is 0.123 e. The maximum atomic E-state index is 13.2. The third kappa shape index (κ3) is 2.25. The van der Waals surface area contributed by atoms with E-state index in [1.807, 2.05) is 24.4 Å². The van der Waals surface area contributed by atoms with Crippen LogP contribution in [0.1, 0.15) is 5.56 Å². The summed E-state index contributed by atoms with van der Waals surface area (Å²) in [6.07, 6.45) is 2.85. The van der Waals surface area contributed by atoms with Crippen LogP contribution in [0.25, 0.3) is 22.0 Å². The Labute approximate surface area is 111 Å². The number of nitrogens with one attached hydrogen (secondary N) is 1. The average molecular weight is 254 g/mol. The fourth-order valence-electron chi connectivity index (χ4n) is 2.40. The molecule has 0 spiro atoms. The number of benzene rings is 2. The van der Waals surface area contributed by atoms with Crippen LogP contribution in [0.5, 0.6) is 0 Å². The molecule has 0 unspecified atom stereocenters. The summed E-state index contributed by atoms with van der Waals surface area (Å²) < 4.78 is 13.2. The van der Waals surface area contributed by atoms with E-state index in [9.17, 15) is 4.39 Å². The van der Waals surface area contributed by atoms with E-state index in [0.29, 0.717) is 6.54 Å². The molecule has 1 aromatic heterocycles. The first kappa shape index (κ1) is 11.9.